The van der Waals surface area contributed by atoms with Gasteiger partial charge in [0, 0.05) is 44.0 Å². The number of hydrogen-bond donors (Lipinski definition) is 0. The SMILES string of the molecule is CN1Cc2c(N3CCOCC3)ccc([N+](=O)[O-])c2C1=O. The second-order valence-corrected chi connectivity index (χ2v) is 4.98. The van der Waals surface area contributed by atoms with Crippen LogP contribution in [0.3, 0.4) is 0 Å². The van der Waals surface area contributed by atoms with E-state index in [1.54, 1.807) is 13.1 Å². The molecule has 0 radical (unpaired) electrons. The molecule has 1 aromatic carbocycles. The molecule has 2 aliphatic rings. The van der Waals surface area contributed by atoms with Gasteiger partial charge in [-0.15, -0.1) is 0 Å². The summed E-state index contributed by atoms with van der Waals surface area (Å²) >= 11 is 0. The number of nitro benzene ring substituents is 1. The topological polar surface area (TPSA) is 75.9 Å². The van der Waals surface area contributed by atoms with Crippen molar-refractivity contribution < 1.29 is 14.5 Å². The third kappa shape index (κ3) is 1.90. The lowest BCUT2D eigenvalue weighted by molar-refractivity contribution is -0.385. The first-order valence-corrected chi connectivity index (χ1v) is 6.48. The maximum atomic E-state index is 12.1. The quantitative estimate of drug-likeness (QED) is 0.596. The van der Waals surface area contributed by atoms with Gasteiger partial charge in [-0.2, -0.15) is 0 Å². The van der Waals surface area contributed by atoms with Crippen molar-refractivity contribution >= 4 is 17.3 Å². The summed E-state index contributed by atoms with van der Waals surface area (Å²) in [5.74, 6) is -0.276. The number of rotatable bonds is 2. The van der Waals surface area contributed by atoms with Gasteiger partial charge in [0.25, 0.3) is 11.6 Å². The van der Waals surface area contributed by atoms with Crippen LogP contribution in [0, 0.1) is 10.1 Å². The highest BCUT2D eigenvalue weighted by atomic mass is 16.6. The Bertz CT molecular complexity index is 581. The Balaban J connectivity index is 2.10. The first kappa shape index (κ1) is 12.9. The number of ether oxygens (including phenoxy) is 1. The number of benzene rings is 1. The summed E-state index contributed by atoms with van der Waals surface area (Å²) in [6.07, 6.45) is 0. The molecular weight excluding hydrogens is 262 g/mol. The Hall–Kier alpha value is -2.15. The number of amides is 1. The molecule has 2 heterocycles. The van der Waals surface area contributed by atoms with E-state index in [1.807, 2.05) is 0 Å². The third-order valence-electron chi connectivity index (χ3n) is 3.77. The van der Waals surface area contributed by atoms with Crippen molar-refractivity contribution in [1.29, 1.82) is 0 Å². The molecule has 1 amide bonds. The van der Waals surface area contributed by atoms with Gasteiger partial charge >= 0.3 is 0 Å². The summed E-state index contributed by atoms with van der Waals surface area (Å²) < 4.78 is 5.32. The summed E-state index contributed by atoms with van der Waals surface area (Å²) in [6, 6.07) is 3.18. The zero-order chi connectivity index (χ0) is 14.3. The fourth-order valence-electron chi connectivity index (χ4n) is 2.78. The fourth-order valence-corrected chi connectivity index (χ4v) is 2.78. The molecule has 106 valence electrons. The van der Waals surface area contributed by atoms with Crippen LogP contribution in [0.15, 0.2) is 12.1 Å². The molecule has 1 fully saturated rings. The summed E-state index contributed by atoms with van der Waals surface area (Å²) in [7, 11) is 1.66. The molecule has 7 nitrogen and oxygen atoms in total. The van der Waals surface area contributed by atoms with Gasteiger partial charge in [0.2, 0.25) is 0 Å². The second kappa shape index (κ2) is 4.75. The zero-order valence-electron chi connectivity index (χ0n) is 11.2. The van der Waals surface area contributed by atoms with Crippen LogP contribution in [0.5, 0.6) is 0 Å². The van der Waals surface area contributed by atoms with E-state index in [2.05, 4.69) is 4.90 Å². The highest BCUT2D eigenvalue weighted by Crippen LogP contribution is 2.37. The van der Waals surface area contributed by atoms with Gasteiger partial charge in [0.15, 0.2) is 0 Å². The summed E-state index contributed by atoms with van der Waals surface area (Å²) in [6.45, 7) is 3.16. The van der Waals surface area contributed by atoms with Crippen LogP contribution in [0.4, 0.5) is 11.4 Å². The van der Waals surface area contributed by atoms with Crippen LogP contribution in [0.2, 0.25) is 0 Å². The van der Waals surface area contributed by atoms with Crippen molar-refractivity contribution in [2.45, 2.75) is 6.54 Å². The Morgan fingerprint density at radius 3 is 2.65 bits per heavy atom. The molecule has 1 aromatic rings. The van der Waals surface area contributed by atoms with Gasteiger partial charge in [-0.05, 0) is 6.07 Å². The highest BCUT2D eigenvalue weighted by Gasteiger charge is 2.35. The number of nitro groups is 1. The van der Waals surface area contributed by atoms with Crippen LogP contribution in [0.1, 0.15) is 15.9 Å². The van der Waals surface area contributed by atoms with E-state index in [9.17, 15) is 14.9 Å². The Kier molecular flexibility index (Phi) is 3.06. The minimum atomic E-state index is -0.487. The molecule has 3 rings (SSSR count). The number of morpholine rings is 1. The van der Waals surface area contributed by atoms with Crippen LogP contribution < -0.4 is 4.90 Å². The van der Waals surface area contributed by atoms with Gasteiger partial charge in [0.1, 0.15) is 5.56 Å². The number of fused-ring (bicyclic) bond motifs is 1. The van der Waals surface area contributed by atoms with E-state index in [1.165, 1.54) is 11.0 Å². The second-order valence-electron chi connectivity index (χ2n) is 4.98. The number of carbonyl (C=O) groups is 1. The van der Waals surface area contributed by atoms with Gasteiger partial charge in [0.05, 0.1) is 18.1 Å². The Morgan fingerprint density at radius 1 is 1.30 bits per heavy atom. The summed E-state index contributed by atoms with van der Waals surface area (Å²) in [5.41, 5.74) is 1.80. The van der Waals surface area contributed by atoms with Crippen molar-refractivity contribution in [2.24, 2.45) is 0 Å². The molecule has 0 aliphatic carbocycles. The predicted octanol–water partition coefficient (Wildman–Crippen LogP) is 1.02. The van der Waals surface area contributed by atoms with E-state index >= 15 is 0 Å². The minimum absolute atomic E-state index is 0.105. The van der Waals surface area contributed by atoms with Gasteiger partial charge in [-0.1, -0.05) is 0 Å². The van der Waals surface area contributed by atoms with Crippen LogP contribution in [-0.4, -0.2) is 49.1 Å². The predicted molar refractivity (Wildman–Crippen MR) is 71.9 cm³/mol. The van der Waals surface area contributed by atoms with Crippen molar-refractivity contribution in [1.82, 2.24) is 4.90 Å². The lowest BCUT2D eigenvalue weighted by Crippen LogP contribution is -2.36. The Labute approximate surface area is 115 Å². The van der Waals surface area contributed by atoms with Gasteiger partial charge in [-0.3, -0.25) is 14.9 Å². The molecule has 0 bridgehead atoms. The molecule has 0 unspecified atom stereocenters. The van der Waals surface area contributed by atoms with Crippen molar-refractivity contribution in [3.8, 4) is 0 Å². The molecule has 20 heavy (non-hydrogen) atoms. The monoisotopic (exact) mass is 277 g/mol. The molecule has 0 saturated carbocycles. The lowest BCUT2D eigenvalue weighted by Gasteiger charge is -2.30. The lowest BCUT2D eigenvalue weighted by atomic mass is 10.0. The standard InChI is InChI=1S/C13H15N3O4/c1-14-8-9-10(15-4-6-20-7-5-15)2-3-11(16(18)19)12(9)13(14)17/h2-3H,4-8H2,1H3. The van der Waals surface area contributed by atoms with Gasteiger partial charge in [-0.25, -0.2) is 0 Å². The number of anilines is 1. The molecule has 0 aromatic heterocycles. The maximum Gasteiger partial charge on any atom is 0.282 e. The maximum absolute atomic E-state index is 12.1. The largest absolute Gasteiger partial charge is 0.378 e. The zero-order valence-corrected chi connectivity index (χ0v) is 11.2. The summed E-state index contributed by atoms with van der Waals surface area (Å²) in [4.78, 5) is 26.4. The van der Waals surface area contributed by atoms with Crippen LogP contribution >= 0.6 is 0 Å². The molecule has 7 heteroatoms. The van der Waals surface area contributed by atoms with Crippen molar-refractivity contribution in [3.63, 3.8) is 0 Å². The average Bonchev–Trinajstić information content (AvgIpc) is 2.75. The molecular formula is C13H15N3O4. The molecule has 1 saturated heterocycles. The average molecular weight is 277 g/mol. The molecule has 0 spiro atoms. The normalized spacial score (nSPS) is 18.4. The van der Waals surface area contributed by atoms with E-state index < -0.39 is 4.92 Å². The molecule has 0 atom stereocenters. The van der Waals surface area contributed by atoms with Crippen LogP contribution in [-0.2, 0) is 11.3 Å². The van der Waals surface area contributed by atoms with Gasteiger partial charge < -0.3 is 14.5 Å². The Morgan fingerprint density at radius 2 is 2.00 bits per heavy atom. The smallest absolute Gasteiger partial charge is 0.282 e. The van der Waals surface area contributed by atoms with Crippen LogP contribution in [0.25, 0.3) is 0 Å². The van der Waals surface area contributed by atoms with E-state index in [0.29, 0.717) is 19.8 Å². The van der Waals surface area contributed by atoms with E-state index in [0.717, 1.165) is 24.3 Å². The fraction of sp³-hybridized carbons (Fsp3) is 0.462. The van der Waals surface area contributed by atoms with E-state index in [-0.39, 0.29) is 17.2 Å². The van der Waals surface area contributed by atoms with Crippen molar-refractivity contribution in [2.75, 3.05) is 38.3 Å². The number of nitrogens with zero attached hydrogens (tertiary/aromatic N) is 3. The van der Waals surface area contributed by atoms with E-state index in [4.69, 9.17) is 4.74 Å². The number of hydrogen-bond acceptors (Lipinski definition) is 5. The third-order valence-corrected chi connectivity index (χ3v) is 3.77. The highest BCUT2D eigenvalue weighted by molar-refractivity contribution is 6.03. The summed E-state index contributed by atoms with van der Waals surface area (Å²) in [5, 5.41) is 11.1. The van der Waals surface area contributed by atoms with Crippen molar-refractivity contribution in [3.05, 3.63) is 33.4 Å². The number of carbonyl (C=O) groups excluding carboxylic acids is 1. The minimum Gasteiger partial charge on any atom is -0.378 e. The molecule has 0 N–H and O–H groups in total. The first-order valence-electron chi connectivity index (χ1n) is 6.48. The molecule has 2 aliphatic heterocycles. The first-order chi connectivity index (χ1) is 9.59.